The molecule has 2 unspecified atom stereocenters. The van der Waals surface area contributed by atoms with Crippen molar-refractivity contribution < 1.29 is 9.84 Å². The Bertz CT molecular complexity index is 349. The average Bonchev–Trinajstić information content (AvgIpc) is 2.51. The van der Waals surface area contributed by atoms with Crippen molar-refractivity contribution in [3.63, 3.8) is 0 Å². The Morgan fingerprint density at radius 3 is 2.86 bits per heavy atom. The summed E-state index contributed by atoms with van der Waals surface area (Å²) in [5.74, 6) is 0.615. The van der Waals surface area contributed by atoms with Crippen LogP contribution in [0.5, 0.6) is 0 Å². The summed E-state index contributed by atoms with van der Waals surface area (Å²) in [6.07, 6.45) is 6.00. The highest BCUT2D eigenvalue weighted by Gasteiger charge is 2.09. The van der Waals surface area contributed by atoms with Gasteiger partial charge in [-0.25, -0.2) is 0 Å². The maximum absolute atomic E-state index is 9.87. The van der Waals surface area contributed by atoms with Gasteiger partial charge in [-0.05, 0) is 24.5 Å². The molecule has 5 nitrogen and oxygen atoms in total. The summed E-state index contributed by atoms with van der Waals surface area (Å²) < 4.78 is 5.63. The van der Waals surface area contributed by atoms with Crippen molar-refractivity contribution in [1.29, 1.82) is 0 Å². The number of nitrogens with zero attached hydrogens (tertiary/aromatic N) is 2. The molecule has 2 atom stereocenters. The Morgan fingerprint density at radius 1 is 1.33 bits per heavy atom. The SMILES string of the molecule is CCCCC(CC)COCC(O)CNCc1cccnn1. The van der Waals surface area contributed by atoms with Crippen LogP contribution in [0, 0.1) is 5.92 Å². The van der Waals surface area contributed by atoms with Gasteiger partial charge in [-0.2, -0.15) is 10.2 Å². The van der Waals surface area contributed by atoms with E-state index >= 15 is 0 Å². The van der Waals surface area contributed by atoms with Gasteiger partial charge in [-0.1, -0.05) is 33.1 Å². The lowest BCUT2D eigenvalue weighted by Crippen LogP contribution is -2.31. The van der Waals surface area contributed by atoms with E-state index in [0.29, 0.717) is 25.6 Å². The highest BCUT2D eigenvalue weighted by Crippen LogP contribution is 2.12. The van der Waals surface area contributed by atoms with Gasteiger partial charge in [-0.3, -0.25) is 0 Å². The van der Waals surface area contributed by atoms with Crippen molar-refractivity contribution in [1.82, 2.24) is 15.5 Å². The molecule has 0 amide bonds. The molecule has 120 valence electrons. The normalized spacial score (nSPS) is 14.0. The van der Waals surface area contributed by atoms with Crippen LogP contribution in [-0.2, 0) is 11.3 Å². The molecular formula is C16H29N3O2. The molecule has 0 aliphatic carbocycles. The third kappa shape index (κ3) is 8.75. The number of aromatic nitrogens is 2. The number of unbranched alkanes of at least 4 members (excludes halogenated alkanes) is 1. The number of aliphatic hydroxyl groups excluding tert-OH is 1. The lowest BCUT2D eigenvalue weighted by atomic mass is 10.0. The Balaban J connectivity index is 2.06. The lowest BCUT2D eigenvalue weighted by molar-refractivity contribution is 0.0192. The zero-order valence-corrected chi connectivity index (χ0v) is 13.3. The second kappa shape index (κ2) is 11.6. The quantitative estimate of drug-likeness (QED) is 0.618. The summed E-state index contributed by atoms with van der Waals surface area (Å²) in [5.41, 5.74) is 0.872. The number of nitrogens with one attached hydrogen (secondary N) is 1. The number of rotatable bonds is 12. The van der Waals surface area contributed by atoms with Gasteiger partial charge in [0, 0.05) is 25.9 Å². The van der Waals surface area contributed by atoms with Gasteiger partial charge < -0.3 is 15.2 Å². The van der Waals surface area contributed by atoms with Crippen LogP contribution in [0.3, 0.4) is 0 Å². The molecule has 0 aromatic carbocycles. The molecule has 1 aromatic rings. The second-order valence-corrected chi connectivity index (χ2v) is 5.45. The summed E-state index contributed by atoms with van der Waals surface area (Å²) in [7, 11) is 0. The molecule has 21 heavy (non-hydrogen) atoms. The molecule has 0 bridgehead atoms. The molecule has 0 saturated carbocycles. The molecule has 0 radical (unpaired) electrons. The Hall–Kier alpha value is -1.04. The van der Waals surface area contributed by atoms with Crippen molar-refractivity contribution in [2.45, 2.75) is 52.2 Å². The molecule has 1 aromatic heterocycles. The minimum absolute atomic E-state index is 0.385. The van der Waals surface area contributed by atoms with E-state index in [0.717, 1.165) is 18.7 Å². The van der Waals surface area contributed by atoms with Gasteiger partial charge in [0.2, 0.25) is 0 Å². The van der Waals surface area contributed by atoms with E-state index in [1.54, 1.807) is 6.20 Å². The van der Waals surface area contributed by atoms with E-state index in [9.17, 15) is 5.11 Å². The largest absolute Gasteiger partial charge is 0.389 e. The second-order valence-electron chi connectivity index (χ2n) is 5.45. The third-order valence-electron chi connectivity index (χ3n) is 3.52. The van der Waals surface area contributed by atoms with Crippen LogP contribution in [0.1, 0.15) is 45.2 Å². The fraction of sp³-hybridized carbons (Fsp3) is 0.750. The summed E-state index contributed by atoms with van der Waals surface area (Å²) in [4.78, 5) is 0. The van der Waals surface area contributed by atoms with Crippen molar-refractivity contribution in [2.24, 2.45) is 5.92 Å². The molecule has 0 saturated heterocycles. The zero-order valence-electron chi connectivity index (χ0n) is 13.3. The summed E-state index contributed by atoms with van der Waals surface area (Å²) in [6.45, 7) is 6.65. The van der Waals surface area contributed by atoms with Crippen LogP contribution in [0.25, 0.3) is 0 Å². The van der Waals surface area contributed by atoms with Crippen LogP contribution in [0.4, 0.5) is 0 Å². The summed E-state index contributed by atoms with van der Waals surface area (Å²) in [5, 5.41) is 20.8. The Labute approximate surface area is 128 Å². The molecule has 0 spiro atoms. The molecular weight excluding hydrogens is 266 g/mol. The van der Waals surface area contributed by atoms with Crippen LogP contribution in [0.15, 0.2) is 18.3 Å². The standard InChI is InChI=1S/C16H29N3O2/c1-3-5-7-14(4-2)12-21-13-16(20)11-17-10-15-8-6-9-18-19-15/h6,8-9,14,16-17,20H,3-5,7,10-13H2,1-2H3. The van der Waals surface area contributed by atoms with Gasteiger partial charge >= 0.3 is 0 Å². The Kier molecular flexibility index (Phi) is 9.95. The predicted octanol–water partition coefficient (Wildman–Crippen LogP) is 2.16. The van der Waals surface area contributed by atoms with E-state index in [4.69, 9.17) is 4.74 Å². The fourth-order valence-electron chi connectivity index (χ4n) is 2.12. The van der Waals surface area contributed by atoms with Gasteiger partial charge in [-0.15, -0.1) is 0 Å². The first-order chi connectivity index (χ1) is 10.3. The minimum Gasteiger partial charge on any atom is -0.389 e. The molecule has 0 aliphatic heterocycles. The molecule has 0 fully saturated rings. The monoisotopic (exact) mass is 295 g/mol. The van der Waals surface area contributed by atoms with Gasteiger partial charge in [0.25, 0.3) is 0 Å². The highest BCUT2D eigenvalue weighted by atomic mass is 16.5. The van der Waals surface area contributed by atoms with Crippen molar-refractivity contribution >= 4 is 0 Å². The van der Waals surface area contributed by atoms with Crippen LogP contribution in [-0.4, -0.2) is 41.2 Å². The summed E-state index contributed by atoms with van der Waals surface area (Å²) in [6, 6.07) is 3.76. The van der Waals surface area contributed by atoms with E-state index in [-0.39, 0.29) is 0 Å². The first kappa shape index (κ1) is 18.0. The van der Waals surface area contributed by atoms with Crippen LogP contribution < -0.4 is 5.32 Å². The van der Waals surface area contributed by atoms with Gasteiger partial charge in [0.15, 0.2) is 0 Å². The van der Waals surface area contributed by atoms with E-state index in [2.05, 4.69) is 29.4 Å². The lowest BCUT2D eigenvalue weighted by Gasteiger charge is -2.17. The third-order valence-corrected chi connectivity index (χ3v) is 3.52. The summed E-state index contributed by atoms with van der Waals surface area (Å²) >= 11 is 0. The zero-order chi connectivity index (χ0) is 15.3. The number of hydrogen-bond acceptors (Lipinski definition) is 5. The molecule has 2 N–H and O–H groups in total. The first-order valence-corrected chi connectivity index (χ1v) is 7.99. The average molecular weight is 295 g/mol. The number of hydrogen-bond donors (Lipinski definition) is 2. The van der Waals surface area contributed by atoms with Crippen LogP contribution >= 0.6 is 0 Å². The van der Waals surface area contributed by atoms with Gasteiger partial charge in [0.1, 0.15) is 0 Å². The van der Waals surface area contributed by atoms with Crippen LogP contribution in [0.2, 0.25) is 0 Å². The molecule has 0 aliphatic rings. The topological polar surface area (TPSA) is 67.3 Å². The fourth-order valence-corrected chi connectivity index (χ4v) is 2.12. The van der Waals surface area contributed by atoms with Crippen molar-refractivity contribution in [3.05, 3.63) is 24.0 Å². The smallest absolute Gasteiger partial charge is 0.0897 e. The van der Waals surface area contributed by atoms with Gasteiger partial charge in [0.05, 0.1) is 18.4 Å². The van der Waals surface area contributed by atoms with E-state index in [1.807, 2.05) is 12.1 Å². The maximum Gasteiger partial charge on any atom is 0.0897 e. The molecule has 1 rings (SSSR count). The first-order valence-electron chi connectivity index (χ1n) is 7.99. The Morgan fingerprint density at radius 2 is 2.19 bits per heavy atom. The van der Waals surface area contributed by atoms with E-state index in [1.165, 1.54) is 19.3 Å². The maximum atomic E-state index is 9.87. The minimum atomic E-state index is -0.481. The molecule has 1 heterocycles. The molecule has 5 heteroatoms. The number of ether oxygens (including phenoxy) is 1. The van der Waals surface area contributed by atoms with E-state index < -0.39 is 6.10 Å². The van der Waals surface area contributed by atoms with Crippen molar-refractivity contribution in [3.8, 4) is 0 Å². The predicted molar refractivity (Wildman–Crippen MR) is 83.9 cm³/mol. The number of aliphatic hydroxyl groups is 1. The van der Waals surface area contributed by atoms with Crippen molar-refractivity contribution in [2.75, 3.05) is 19.8 Å². The highest BCUT2D eigenvalue weighted by molar-refractivity contribution is 4.98.